The average Bonchev–Trinajstić information content (AvgIpc) is 2.48. The van der Waals surface area contributed by atoms with Crippen LogP contribution in [0.5, 0.6) is 5.75 Å². The lowest BCUT2D eigenvalue weighted by molar-refractivity contribution is 0.414. The van der Waals surface area contributed by atoms with Crippen molar-refractivity contribution >= 4 is 5.82 Å². The number of hydrogen-bond donors (Lipinski definition) is 1. The smallest absolute Gasteiger partial charge is 0.293 e. The van der Waals surface area contributed by atoms with Gasteiger partial charge in [0.25, 0.3) is 5.56 Å². The fourth-order valence-corrected chi connectivity index (χ4v) is 2.03. The number of nitrogens with zero attached hydrogens (tertiary/aromatic N) is 2. The topological polar surface area (TPSA) is 56.1 Å². The van der Waals surface area contributed by atoms with Crippen LogP contribution in [-0.4, -0.2) is 16.7 Å². The Bertz CT molecular complexity index is 633. The summed E-state index contributed by atoms with van der Waals surface area (Å²) in [6.07, 6.45) is 3.38. The van der Waals surface area contributed by atoms with Crippen LogP contribution < -0.4 is 15.6 Å². The maximum Gasteiger partial charge on any atom is 0.293 e. The SMILES string of the molecule is COc1ccc(CNc2nccn(CC(C)C)c2=O)cc1. The predicted octanol–water partition coefficient (Wildman–Crippen LogP) is 2.52. The Morgan fingerprint density at radius 1 is 1.29 bits per heavy atom. The molecule has 0 unspecified atom stereocenters. The molecule has 1 heterocycles. The van der Waals surface area contributed by atoms with Crippen molar-refractivity contribution in [2.24, 2.45) is 5.92 Å². The van der Waals surface area contributed by atoms with Crippen molar-refractivity contribution in [2.45, 2.75) is 26.9 Å². The van der Waals surface area contributed by atoms with E-state index in [2.05, 4.69) is 24.1 Å². The predicted molar refractivity (Wildman–Crippen MR) is 83.7 cm³/mol. The van der Waals surface area contributed by atoms with E-state index in [4.69, 9.17) is 4.74 Å². The molecule has 2 rings (SSSR count). The molecule has 112 valence electrons. The average molecular weight is 287 g/mol. The van der Waals surface area contributed by atoms with E-state index in [1.165, 1.54) is 0 Å². The normalized spacial score (nSPS) is 10.7. The highest BCUT2D eigenvalue weighted by Crippen LogP contribution is 2.11. The first-order valence-electron chi connectivity index (χ1n) is 7.02. The Labute approximate surface area is 124 Å². The summed E-state index contributed by atoms with van der Waals surface area (Å²) in [7, 11) is 1.64. The minimum Gasteiger partial charge on any atom is -0.497 e. The zero-order valence-electron chi connectivity index (χ0n) is 12.7. The van der Waals surface area contributed by atoms with Crippen LogP contribution in [0.3, 0.4) is 0 Å². The van der Waals surface area contributed by atoms with Crippen molar-refractivity contribution in [3.05, 3.63) is 52.6 Å². The molecule has 0 fully saturated rings. The molecule has 5 heteroatoms. The molecule has 5 nitrogen and oxygen atoms in total. The van der Waals surface area contributed by atoms with Gasteiger partial charge in [-0.1, -0.05) is 26.0 Å². The molecule has 0 atom stereocenters. The first-order chi connectivity index (χ1) is 10.1. The van der Waals surface area contributed by atoms with Gasteiger partial charge in [0.15, 0.2) is 5.82 Å². The molecule has 1 N–H and O–H groups in total. The van der Waals surface area contributed by atoms with Gasteiger partial charge in [-0.2, -0.15) is 0 Å². The fraction of sp³-hybridized carbons (Fsp3) is 0.375. The molecule has 1 aromatic carbocycles. The highest BCUT2D eigenvalue weighted by Gasteiger charge is 2.06. The van der Waals surface area contributed by atoms with Crippen LogP contribution in [0.4, 0.5) is 5.82 Å². The van der Waals surface area contributed by atoms with Crippen LogP contribution in [-0.2, 0) is 13.1 Å². The quantitative estimate of drug-likeness (QED) is 0.887. The standard InChI is InChI=1S/C16H21N3O2/c1-12(2)11-19-9-8-17-15(16(19)20)18-10-13-4-6-14(21-3)7-5-13/h4-9,12H,10-11H2,1-3H3,(H,17,18). The molecular formula is C16H21N3O2. The Balaban J connectivity index is 2.07. The third kappa shape index (κ3) is 4.08. The summed E-state index contributed by atoms with van der Waals surface area (Å²) >= 11 is 0. The molecule has 0 saturated heterocycles. The largest absolute Gasteiger partial charge is 0.497 e. The van der Waals surface area contributed by atoms with E-state index >= 15 is 0 Å². The van der Waals surface area contributed by atoms with Gasteiger partial charge >= 0.3 is 0 Å². The maximum absolute atomic E-state index is 12.2. The number of nitrogens with one attached hydrogen (secondary N) is 1. The summed E-state index contributed by atoms with van der Waals surface area (Å²) in [5.74, 6) is 1.62. The maximum atomic E-state index is 12.2. The molecule has 0 saturated carbocycles. The highest BCUT2D eigenvalue weighted by atomic mass is 16.5. The number of hydrogen-bond acceptors (Lipinski definition) is 4. The minimum absolute atomic E-state index is 0.0836. The Morgan fingerprint density at radius 2 is 2.00 bits per heavy atom. The van der Waals surface area contributed by atoms with Gasteiger partial charge in [0, 0.05) is 25.5 Å². The van der Waals surface area contributed by atoms with E-state index < -0.39 is 0 Å². The molecular weight excluding hydrogens is 266 g/mol. The van der Waals surface area contributed by atoms with Crippen molar-refractivity contribution in [1.82, 2.24) is 9.55 Å². The van der Waals surface area contributed by atoms with E-state index in [0.717, 1.165) is 11.3 Å². The van der Waals surface area contributed by atoms with Gasteiger partial charge in [0.1, 0.15) is 5.75 Å². The molecule has 2 aromatic rings. The monoisotopic (exact) mass is 287 g/mol. The molecule has 0 bridgehead atoms. The summed E-state index contributed by atoms with van der Waals surface area (Å²) in [5.41, 5.74) is 0.982. The second kappa shape index (κ2) is 6.92. The number of ether oxygens (including phenoxy) is 1. The number of rotatable bonds is 6. The van der Waals surface area contributed by atoms with Gasteiger partial charge < -0.3 is 14.6 Å². The van der Waals surface area contributed by atoms with Crippen LogP contribution in [0, 0.1) is 5.92 Å². The fourth-order valence-electron chi connectivity index (χ4n) is 2.03. The summed E-state index contributed by atoms with van der Waals surface area (Å²) in [4.78, 5) is 16.4. The first kappa shape index (κ1) is 15.1. The van der Waals surface area contributed by atoms with Crippen molar-refractivity contribution in [3.8, 4) is 5.75 Å². The molecule has 0 radical (unpaired) electrons. The molecule has 0 spiro atoms. The number of benzene rings is 1. The van der Waals surface area contributed by atoms with E-state index in [1.807, 2.05) is 24.3 Å². The highest BCUT2D eigenvalue weighted by molar-refractivity contribution is 5.34. The molecule has 0 amide bonds. The zero-order valence-corrected chi connectivity index (χ0v) is 12.7. The van der Waals surface area contributed by atoms with Gasteiger partial charge in [-0.25, -0.2) is 4.98 Å². The molecule has 0 aliphatic heterocycles. The third-order valence-corrected chi connectivity index (χ3v) is 3.09. The second-order valence-corrected chi connectivity index (χ2v) is 5.33. The van der Waals surface area contributed by atoms with Gasteiger partial charge in [-0.3, -0.25) is 4.79 Å². The van der Waals surface area contributed by atoms with Crippen LogP contribution in [0.15, 0.2) is 41.5 Å². The zero-order chi connectivity index (χ0) is 15.2. The Morgan fingerprint density at radius 3 is 2.62 bits per heavy atom. The van der Waals surface area contributed by atoms with Gasteiger partial charge in [0.05, 0.1) is 7.11 Å². The van der Waals surface area contributed by atoms with Crippen molar-refractivity contribution in [2.75, 3.05) is 12.4 Å². The number of methoxy groups -OCH3 is 1. The van der Waals surface area contributed by atoms with Gasteiger partial charge in [-0.15, -0.1) is 0 Å². The van der Waals surface area contributed by atoms with Crippen LogP contribution >= 0.6 is 0 Å². The molecule has 0 aliphatic carbocycles. The lowest BCUT2D eigenvalue weighted by Gasteiger charge is -2.11. The lowest BCUT2D eigenvalue weighted by Crippen LogP contribution is -2.25. The minimum atomic E-state index is -0.0836. The summed E-state index contributed by atoms with van der Waals surface area (Å²) in [6.45, 7) is 5.41. The molecule has 21 heavy (non-hydrogen) atoms. The van der Waals surface area contributed by atoms with E-state index in [0.29, 0.717) is 24.8 Å². The van der Waals surface area contributed by atoms with Crippen molar-refractivity contribution in [1.29, 1.82) is 0 Å². The summed E-state index contributed by atoms with van der Waals surface area (Å²) in [6, 6.07) is 7.71. The van der Waals surface area contributed by atoms with E-state index in [1.54, 1.807) is 24.1 Å². The van der Waals surface area contributed by atoms with Crippen LogP contribution in [0.2, 0.25) is 0 Å². The summed E-state index contributed by atoms with van der Waals surface area (Å²) in [5, 5.41) is 3.10. The van der Waals surface area contributed by atoms with Crippen molar-refractivity contribution in [3.63, 3.8) is 0 Å². The van der Waals surface area contributed by atoms with Gasteiger partial charge in [0.2, 0.25) is 0 Å². The van der Waals surface area contributed by atoms with Gasteiger partial charge in [-0.05, 0) is 23.6 Å². The molecule has 1 aromatic heterocycles. The number of anilines is 1. The van der Waals surface area contributed by atoms with Crippen LogP contribution in [0.1, 0.15) is 19.4 Å². The second-order valence-electron chi connectivity index (χ2n) is 5.33. The van der Waals surface area contributed by atoms with E-state index in [-0.39, 0.29) is 5.56 Å². The summed E-state index contributed by atoms with van der Waals surface area (Å²) < 4.78 is 6.81. The Hall–Kier alpha value is -2.30. The van der Waals surface area contributed by atoms with Crippen LogP contribution in [0.25, 0.3) is 0 Å². The first-order valence-corrected chi connectivity index (χ1v) is 7.02. The van der Waals surface area contributed by atoms with Crippen molar-refractivity contribution < 1.29 is 4.74 Å². The molecule has 0 aliphatic rings. The van der Waals surface area contributed by atoms with E-state index in [9.17, 15) is 4.79 Å². The number of aromatic nitrogens is 2. The lowest BCUT2D eigenvalue weighted by atomic mass is 10.2. The third-order valence-electron chi connectivity index (χ3n) is 3.09. The Kier molecular flexibility index (Phi) is 4.98.